The minimum Gasteiger partial charge on any atom is -0.387 e. The third kappa shape index (κ3) is 3.51. The Morgan fingerprint density at radius 2 is 1.77 bits per heavy atom. The van der Waals surface area contributed by atoms with Crippen molar-refractivity contribution in [2.24, 2.45) is 0 Å². The Kier molecular flexibility index (Phi) is 3.83. The van der Waals surface area contributed by atoms with Crippen LogP contribution in [0.3, 0.4) is 0 Å². The number of hydrogen-bond acceptors (Lipinski definition) is 1. The Hall–Kier alpha value is -0.960. The number of rotatable bonds is 4. The number of aliphatic hydroxyl groups is 1. The fourth-order valence-corrected chi connectivity index (χ4v) is 1.09. The van der Waals surface area contributed by atoms with Crippen molar-refractivity contribution in [3.05, 3.63) is 35.9 Å². The predicted octanol–water partition coefficient (Wildman–Crippen LogP) is 2.25. The first-order valence-corrected chi connectivity index (χ1v) is 4.20. The lowest BCUT2D eigenvalue weighted by Gasteiger charge is -2.08. The third-order valence-electron chi connectivity index (χ3n) is 1.86. The molecule has 0 aliphatic carbocycles. The van der Waals surface area contributed by atoms with E-state index >= 15 is 0 Å². The molecule has 1 aromatic rings. The molecule has 0 bridgehead atoms. The SMILES string of the molecule is O[C@@H](CCc1ccccc1)C(F)F. The van der Waals surface area contributed by atoms with Gasteiger partial charge in [0.2, 0.25) is 0 Å². The Labute approximate surface area is 76.0 Å². The lowest BCUT2D eigenvalue weighted by molar-refractivity contribution is -0.00849. The molecule has 0 amide bonds. The second-order valence-electron chi connectivity index (χ2n) is 2.93. The number of halogens is 2. The van der Waals surface area contributed by atoms with Crippen LogP contribution in [0, 0.1) is 0 Å². The molecule has 1 aromatic carbocycles. The molecular weight excluding hydrogens is 174 g/mol. The van der Waals surface area contributed by atoms with Crippen molar-refractivity contribution in [1.82, 2.24) is 0 Å². The molecule has 1 rings (SSSR count). The van der Waals surface area contributed by atoms with Crippen molar-refractivity contribution in [3.8, 4) is 0 Å². The van der Waals surface area contributed by atoms with E-state index in [1.807, 2.05) is 30.3 Å². The van der Waals surface area contributed by atoms with Crippen LogP contribution in [-0.2, 0) is 6.42 Å². The molecule has 0 aliphatic rings. The highest BCUT2D eigenvalue weighted by Crippen LogP contribution is 2.09. The Bertz CT molecular complexity index is 236. The van der Waals surface area contributed by atoms with Gasteiger partial charge in [-0.1, -0.05) is 30.3 Å². The van der Waals surface area contributed by atoms with Gasteiger partial charge in [0, 0.05) is 0 Å². The highest BCUT2D eigenvalue weighted by Gasteiger charge is 2.15. The first kappa shape index (κ1) is 10.1. The van der Waals surface area contributed by atoms with E-state index in [1.54, 1.807) is 0 Å². The van der Waals surface area contributed by atoms with Crippen molar-refractivity contribution < 1.29 is 13.9 Å². The molecule has 1 N–H and O–H groups in total. The first-order chi connectivity index (χ1) is 6.20. The van der Waals surface area contributed by atoms with Gasteiger partial charge < -0.3 is 5.11 Å². The van der Waals surface area contributed by atoms with Gasteiger partial charge in [-0.25, -0.2) is 8.78 Å². The van der Waals surface area contributed by atoms with Gasteiger partial charge in [-0.2, -0.15) is 0 Å². The van der Waals surface area contributed by atoms with Gasteiger partial charge >= 0.3 is 0 Å². The zero-order valence-electron chi connectivity index (χ0n) is 7.16. The topological polar surface area (TPSA) is 20.2 Å². The highest BCUT2D eigenvalue weighted by atomic mass is 19.3. The van der Waals surface area contributed by atoms with Gasteiger partial charge in [0.15, 0.2) is 0 Å². The molecule has 1 nitrogen and oxygen atoms in total. The van der Waals surface area contributed by atoms with E-state index in [0.717, 1.165) is 5.56 Å². The van der Waals surface area contributed by atoms with E-state index in [1.165, 1.54) is 0 Å². The summed E-state index contributed by atoms with van der Waals surface area (Å²) in [6, 6.07) is 9.29. The molecule has 0 saturated carbocycles. The van der Waals surface area contributed by atoms with Gasteiger partial charge in [-0.05, 0) is 18.4 Å². The number of benzene rings is 1. The number of aryl methyl sites for hydroxylation is 1. The molecule has 3 heteroatoms. The van der Waals surface area contributed by atoms with Gasteiger partial charge in [0.1, 0.15) is 6.10 Å². The van der Waals surface area contributed by atoms with Crippen molar-refractivity contribution in [2.75, 3.05) is 0 Å². The van der Waals surface area contributed by atoms with Crippen molar-refractivity contribution >= 4 is 0 Å². The maximum Gasteiger partial charge on any atom is 0.264 e. The summed E-state index contributed by atoms with van der Waals surface area (Å²) >= 11 is 0. The highest BCUT2D eigenvalue weighted by molar-refractivity contribution is 5.14. The molecule has 0 saturated heterocycles. The van der Waals surface area contributed by atoms with E-state index in [9.17, 15) is 8.78 Å². The van der Waals surface area contributed by atoms with Gasteiger partial charge in [0.05, 0.1) is 0 Å². The molecule has 13 heavy (non-hydrogen) atoms. The summed E-state index contributed by atoms with van der Waals surface area (Å²) in [4.78, 5) is 0. The third-order valence-corrected chi connectivity index (χ3v) is 1.86. The van der Waals surface area contributed by atoms with Crippen molar-refractivity contribution in [1.29, 1.82) is 0 Å². The van der Waals surface area contributed by atoms with Crippen LogP contribution in [0.5, 0.6) is 0 Å². The number of alkyl halides is 2. The Morgan fingerprint density at radius 1 is 1.15 bits per heavy atom. The molecule has 0 unspecified atom stereocenters. The fraction of sp³-hybridized carbons (Fsp3) is 0.400. The largest absolute Gasteiger partial charge is 0.387 e. The average Bonchev–Trinajstić information content (AvgIpc) is 2.15. The van der Waals surface area contributed by atoms with Crippen LogP contribution in [0.4, 0.5) is 8.78 Å². The van der Waals surface area contributed by atoms with Crippen LogP contribution < -0.4 is 0 Å². The zero-order valence-corrected chi connectivity index (χ0v) is 7.16. The molecule has 0 aromatic heterocycles. The molecular formula is C10H12F2O. The summed E-state index contributed by atoms with van der Waals surface area (Å²) in [5.74, 6) is 0. The van der Waals surface area contributed by atoms with Crippen LogP contribution in [0.2, 0.25) is 0 Å². The monoisotopic (exact) mass is 186 g/mol. The minimum absolute atomic E-state index is 0.113. The van der Waals surface area contributed by atoms with Crippen LogP contribution in [-0.4, -0.2) is 17.6 Å². The van der Waals surface area contributed by atoms with E-state index in [4.69, 9.17) is 5.11 Å². The number of hydrogen-bond donors (Lipinski definition) is 1. The second kappa shape index (κ2) is 4.92. The standard InChI is InChI=1S/C10H12F2O/c11-10(12)9(13)7-6-8-4-2-1-3-5-8/h1-5,9-10,13H,6-7H2/t9-/m0/s1. The lowest BCUT2D eigenvalue weighted by atomic mass is 10.1. The Morgan fingerprint density at radius 3 is 2.31 bits per heavy atom. The molecule has 0 heterocycles. The summed E-state index contributed by atoms with van der Waals surface area (Å²) in [7, 11) is 0. The molecule has 0 aliphatic heterocycles. The van der Waals surface area contributed by atoms with E-state index in [0.29, 0.717) is 6.42 Å². The molecule has 0 fully saturated rings. The Balaban J connectivity index is 2.35. The van der Waals surface area contributed by atoms with Crippen LogP contribution in [0.15, 0.2) is 30.3 Å². The summed E-state index contributed by atoms with van der Waals surface area (Å²) < 4.78 is 23.8. The maximum absolute atomic E-state index is 11.9. The molecule has 1 atom stereocenters. The molecule has 0 radical (unpaired) electrons. The smallest absolute Gasteiger partial charge is 0.264 e. The normalized spacial score (nSPS) is 13.2. The summed E-state index contributed by atoms with van der Waals surface area (Å²) in [6.45, 7) is 0. The van der Waals surface area contributed by atoms with Crippen LogP contribution >= 0.6 is 0 Å². The summed E-state index contributed by atoms with van der Waals surface area (Å²) in [5, 5.41) is 8.84. The molecule has 72 valence electrons. The van der Waals surface area contributed by atoms with E-state index in [-0.39, 0.29) is 6.42 Å². The summed E-state index contributed by atoms with van der Waals surface area (Å²) in [5.41, 5.74) is 0.974. The van der Waals surface area contributed by atoms with E-state index < -0.39 is 12.5 Å². The first-order valence-electron chi connectivity index (χ1n) is 4.20. The van der Waals surface area contributed by atoms with Crippen LogP contribution in [0.1, 0.15) is 12.0 Å². The maximum atomic E-state index is 11.9. The quantitative estimate of drug-likeness (QED) is 0.764. The average molecular weight is 186 g/mol. The molecule has 0 spiro atoms. The number of aliphatic hydroxyl groups excluding tert-OH is 1. The zero-order chi connectivity index (χ0) is 9.68. The van der Waals surface area contributed by atoms with Gasteiger partial charge in [0.25, 0.3) is 6.43 Å². The van der Waals surface area contributed by atoms with Gasteiger partial charge in [-0.15, -0.1) is 0 Å². The van der Waals surface area contributed by atoms with E-state index in [2.05, 4.69) is 0 Å². The van der Waals surface area contributed by atoms with Gasteiger partial charge in [-0.3, -0.25) is 0 Å². The predicted molar refractivity (Wildman–Crippen MR) is 46.8 cm³/mol. The van der Waals surface area contributed by atoms with Crippen LogP contribution in [0.25, 0.3) is 0 Å². The second-order valence-corrected chi connectivity index (χ2v) is 2.93. The summed E-state index contributed by atoms with van der Waals surface area (Å²) in [6.07, 6.45) is -3.53. The van der Waals surface area contributed by atoms with Crippen molar-refractivity contribution in [3.63, 3.8) is 0 Å². The lowest BCUT2D eigenvalue weighted by Crippen LogP contribution is -2.17. The minimum atomic E-state index is -2.64. The fourth-order valence-electron chi connectivity index (χ4n) is 1.09. The van der Waals surface area contributed by atoms with Crippen molar-refractivity contribution in [2.45, 2.75) is 25.4 Å².